The van der Waals surface area contributed by atoms with Crippen LogP contribution in [0.4, 0.5) is 0 Å². The van der Waals surface area contributed by atoms with Crippen molar-refractivity contribution in [3.05, 3.63) is 11.7 Å². The van der Waals surface area contributed by atoms with Crippen LogP contribution in [0.25, 0.3) is 0 Å². The summed E-state index contributed by atoms with van der Waals surface area (Å²) < 4.78 is 11.0. The Kier molecular flexibility index (Phi) is 3.61. The maximum Gasteiger partial charge on any atom is 0.232 e. The first-order valence-electron chi connectivity index (χ1n) is 7.01. The lowest BCUT2D eigenvalue weighted by atomic mass is 10.1. The highest BCUT2D eigenvalue weighted by molar-refractivity contribution is 5.01. The van der Waals surface area contributed by atoms with Crippen LogP contribution >= 0.6 is 0 Å². The molecule has 1 aromatic rings. The van der Waals surface area contributed by atoms with Gasteiger partial charge in [0.2, 0.25) is 5.89 Å². The molecule has 3 rings (SSSR count). The second-order valence-corrected chi connectivity index (χ2v) is 5.42. The first-order chi connectivity index (χ1) is 8.83. The van der Waals surface area contributed by atoms with Crippen molar-refractivity contribution >= 4 is 0 Å². The maximum atomic E-state index is 5.55. The lowest BCUT2D eigenvalue weighted by Crippen LogP contribution is -2.21. The number of aromatic nitrogens is 2. The molecule has 2 aliphatic rings. The first-order valence-corrected chi connectivity index (χ1v) is 7.01. The van der Waals surface area contributed by atoms with Crippen LogP contribution in [0.15, 0.2) is 4.52 Å². The monoisotopic (exact) mass is 251 g/mol. The molecule has 0 aromatic carbocycles. The Morgan fingerprint density at radius 2 is 2.22 bits per heavy atom. The van der Waals surface area contributed by atoms with E-state index >= 15 is 0 Å². The van der Waals surface area contributed by atoms with Gasteiger partial charge in [-0.05, 0) is 32.7 Å². The molecule has 3 heterocycles. The van der Waals surface area contributed by atoms with Crippen molar-refractivity contribution in [2.75, 3.05) is 13.2 Å². The molecule has 2 aliphatic heterocycles. The number of rotatable bonds is 2. The van der Waals surface area contributed by atoms with Crippen molar-refractivity contribution in [2.45, 2.75) is 57.1 Å². The van der Waals surface area contributed by atoms with Gasteiger partial charge in [0.05, 0.1) is 24.7 Å². The van der Waals surface area contributed by atoms with E-state index in [0.717, 1.165) is 31.1 Å². The number of hydrogen-bond acceptors (Lipinski definition) is 5. The molecule has 1 N–H and O–H groups in total. The molecule has 2 fully saturated rings. The molecule has 3 atom stereocenters. The predicted octanol–water partition coefficient (Wildman–Crippen LogP) is 2.17. The number of hydrogen-bond donors (Lipinski definition) is 1. The summed E-state index contributed by atoms with van der Waals surface area (Å²) in [5.74, 6) is 1.86. The highest BCUT2D eigenvalue weighted by Gasteiger charge is 2.29. The van der Waals surface area contributed by atoms with Crippen molar-refractivity contribution in [1.29, 1.82) is 0 Å². The summed E-state index contributed by atoms with van der Waals surface area (Å²) in [6.07, 6.45) is 6.18. The lowest BCUT2D eigenvalue weighted by molar-refractivity contribution is 0.122. The smallest absolute Gasteiger partial charge is 0.232 e. The third kappa shape index (κ3) is 2.57. The Bertz CT molecular complexity index is 385. The van der Waals surface area contributed by atoms with Crippen LogP contribution < -0.4 is 5.32 Å². The maximum absolute atomic E-state index is 5.55. The van der Waals surface area contributed by atoms with E-state index in [1.54, 1.807) is 0 Å². The van der Waals surface area contributed by atoms with Crippen molar-refractivity contribution in [3.8, 4) is 0 Å². The zero-order valence-electron chi connectivity index (χ0n) is 10.9. The van der Waals surface area contributed by atoms with Gasteiger partial charge >= 0.3 is 0 Å². The minimum absolute atomic E-state index is 0.268. The SMILES string of the molecule is CC1CC(c2nc(C3CCCCCN3)no2)CO1. The largest absolute Gasteiger partial charge is 0.378 e. The van der Waals surface area contributed by atoms with E-state index in [2.05, 4.69) is 22.4 Å². The Morgan fingerprint density at radius 1 is 1.28 bits per heavy atom. The normalized spacial score (nSPS) is 33.5. The molecule has 5 heteroatoms. The first kappa shape index (κ1) is 12.1. The molecule has 0 saturated carbocycles. The summed E-state index contributed by atoms with van der Waals surface area (Å²) >= 11 is 0. The number of nitrogens with one attached hydrogen (secondary N) is 1. The molecular weight excluding hydrogens is 230 g/mol. The van der Waals surface area contributed by atoms with Gasteiger partial charge in [0, 0.05) is 0 Å². The highest BCUT2D eigenvalue weighted by Crippen LogP contribution is 2.29. The molecule has 0 amide bonds. The van der Waals surface area contributed by atoms with Crippen molar-refractivity contribution < 1.29 is 9.26 Å². The molecule has 100 valence electrons. The minimum atomic E-state index is 0.268. The molecule has 0 radical (unpaired) electrons. The molecule has 0 spiro atoms. The van der Waals surface area contributed by atoms with E-state index in [1.807, 2.05) is 0 Å². The van der Waals surface area contributed by atoms with Crippen LogP contribution in [-0.4, -0.2) is 29.4 Å². The summed E-state index contributed by atoms with van der Waals surface area (Å²) in [5.41, 5.74) is 0. The van der Waals surface area contributed by atoms with Crippen LogP contribution in [0.2, 0.25) is 0 Å². The Hall–Kier alpha value is -0.940. The van der Waals surface area contributed by atoms with Crippen LogP contribution in [0.5, 0.6) is 0 Å². The quantitative estimate of drug-likeness (QED) is 0.872. The zero-order chi connectivity index (χ0) is 12.4. The number of ether oxygens (including phenoxy) is 1. The molecule has 2 saturated heterocycles. The summed E-state index contributed by atoms with van der Waals surface area (Å²) in [7, 11) is 0. The second-order valence-electron chi connectivity index (χ2n) is 5.42. The van der Waals surface area contributed by atoms with Crippen molar-refractivity contribution in [2.24, 2.45) is 0 Å². The highest BCUT2D eigenvalue weighted by atomic mass is 16.5. The third-order valence-corrected chi connectivity index (χ3v) is 3.88. The average molecular weight is 251 g/mol. The van der Waals surface area contributed by atoms with Crippen molar-refractivity contribution in [1.82, 2.24) is 15.5 Å². The molecular formula is C13H21N3O2. The summed E-state index contributed by atoms with van der Waals surface area (Å²) in [5, 5.41) is 7.64. The lowest BCUT2D eigenvalue weighted by Gasteiger charge is -2.10. The second kappa shape index (κ2) is 5.36. The molecule has 18 heavy (non-hydrogen) atoms. The van der Waals surface area contributed by atoms with E-state index in [0.29, 0.717) is 12.7 Å². The van der Waals surface area contributed by atoms with Gasteiger partial charge in [-0.15, -0.1) is 0 Å². The molecule has 3 unspecified atom stereocenters. The van der Waals surface area contributed by atoms with E-state index in [9.17, 15) is 0 Å². The Morgan fingerprint density at radius 3 is 3.06 bits per heavy atom. The van der Waals surface area contributed by atoms with Gasteiger partial charge in [-0.2, -0.15) is 4.98 Å². The van der Waals surface area contributed by atoms with Crippen molar-refractivity contribution in [3.63, 3.8) is 0 Å². The Labute approximate surface area is 107 Å². The van der Waals surface area contributed by atoms with Gasteiger partial charge in [0.25, 0.3) is 0 Å². The zero-order valence-corrected chi connectivity index (χ0v) is 10.9. The minimum Gasteiger partial charge on any atom is -0.378 e. The summed E-state index contributed by atoms with van der Waals surface area (Å²) in [6.45, 7) is 3.85. The Balaban J connectivity index is 1.68. The van der Waals surface area contributed by atoms with E-state index in [1.165, 1.54) is 19.3 Å². The number of nitrogens with zero attached hydrogens (tertiary/aromatic N) is 2. The summed E-state index contributed by atoms with van der Waals surface area (Å²) in [6, 6.07) is 0.268. The van der Waals surface area contributed by atoms with Gasteiger partial charge in [-0.1, -0.05) is 18.0 Å². The van der Waals surface area contributed by atoms with E-state index < -0.39 is 0 Å². The van der Waals surface area contributed by atoms with Gasteiger partial charge in [-0.3, -0.25) is 0 Å². The van der Waals surface area contributed by atoms with Crippen LogP contribution in [0, 0.1) is 0 Å². The van der Waals surface area contributed by atoms with E-state index in [-0.39, 0.29) is 12.0 Å². The summed E-state index contributed by atoms with van der Waals surface area (Å²) in [4.78, 5) is 4.57. The van der Waals surface area contributed by atoms with Crippen LogP contribution in [0.1, 0.15) is 62.7 Å². The molecule has 1 aromatic heterocycles. The standard InChI is InChI=1S/C13H21N3O2/c1-9-7-10(8-17-9)13-15-12(16-18-13)11-5-3-2-4-6-14-11/h9-11,14H,2-8H2,1H3. The fourth-order valence-corrected chi connectivity index (χ4v) is 2.79. The molecule has 5 nitrogen and oxygen atoms in total. The molecule has 0 aliphatic carbocycles. The van der Waals surface area contributed by atoms with E-state index in [4.69, 9.17) is 9.26 Å². The topological polar surface area (TPSA) is 60.2 Å². The van der Waals surface area contributed by atoms with Gasteiger partial charge in [0.15, 0.2) is 5.82 Å². The van der Waals surface area contributed by atoms with Gasteiger partial charge in [0.1, 0.15) is 0 Å². The fraction of sp³-hybridized carbons (Fsp3) is 0.846. The van der Waals surface area contributed by atoms with Gasteiger partial charge < -0.3 is 14.6 Å². The fourth-order valence-electron chi connectivity index (χ4n) is 2.79. The average Bonchev–Trinajstić information content (AvgIpc) is 2.92. The third-order valence-electron chi connectivity index (χ3n) is 3.88. The predicted molar refractivity (Wildman–Crippen MR) is 66.3 cm³/mol. The van der Waals surface area contributed by atoms with Crippen LogP contribution in [0.3, 0.4) is 0 Å². The molecule has 0 bridgehead atoms. The van der Waals surface area contributed by atoms with Gasteiger partial charge in [-0.25, -0.2) is 0 Å². The van der Waals surface area contributed by atoms with Crippen LogP contribution in [-0.2, 0) is 4.74 Å².